The molecule has 1 fully saturated rings. The van der Waals surface area contributed by atoms with Crippen LogP contribution < -0.4 is 5.32 Å². The maximum Gasteiger partial charge on any atom is 0.225 e. The van der Waals surface area contributed by atoms with Crippen LogP contribution in [0, 0.1) is 11.8 Å². The molecule has 3 nitrogen and oxygen atoms in total. The molecule has 1 heterocycles. The van der Waals surface area contributed by atoms with Crippen LogP contribution in [-0.2, 0) is 4.79 Å². The smallest absolute Gasteiger partial charge is 0.225 e. The van der Waals surface area contributed by atoms with Crippen molar-refractivity contribution in [2.75, 3.05) is 26.2 Å². The minimum Gasteiger partial charge on any atom is -0.342 e. The molecule has 3 heteroatoms. The summed E-state index contributed by atoms with van der Waals surface area (Å²) in [6.45, 7) is 10.2. The van der Waals surface area contributed by atoms with Gasteiger partial charge in [-0.1, -0.05) is 20.8 Å². The van der Waals surface area contributed by atoms with Crippen molar-refractivity contribution in [3.05, 3.63) is 0 Å². The van der Waals surface area contributed by atoms with Gasteiger partial charge < -0.3 is 10.2 Å². The van der Waals surface area contributed by atoms with Crippen molar-refractivity contribution in [2.24, 2.45) is 11.8 Å². The molecule has 1 N–H and O–H groups in total. The zero-order valence-corrected chi connectivity index (χ0v) is 11.0. The number of nitrogens with zero attached hydrogens (tertiary/aromatic N) is 1. The number of carbonyl (C=O) groups excluding carboxylic acids is 1. The lowest BCUT2D eigenvalue weighted by molar-refractivity contribution is -0.135. The lowest BCUT2D eigenvalue weighted by Crippen LogP contribution is -2.41. The Morgan fingerprint density at radius 2 is 2.00 bits per heavy atom. The molecule has 1 aliphatic heterocycles. The van der Waals surface area contributed by atoms with Gasteiger partial charge in [0.15, 0.2) is 0 Å². The zero-order valence-electron chi connectivity index (χ0n) is 11.0. The standard InChI is InChI=1S/C13H26N2O/c1-4-9-15(13(16)11(2)3)10-12-5-7-14-8-6-12/h11-12,14H,4-10H2,1-3H3. The minimum absolute atomic E-state index is 0.133. The van der Waals surface area contributed by atoms with E-state index in [0.29, 0.717) is 11.8 Å². The van der Waals surface area contributed by atoms with Crippen molar-refractivity contribution >= 4 is 5.91 Å². The third kappa shape index (κ3) is 4.12. The summed E-state index contributed by atoms with van der Waals surface area (Å²) in [6.07, 6.45) is 3.49. The second-order valence-electron chi connectivity index (χ2n) is 5.13. The maximum atomic E-state index is 12.0. The third-order valence-electron chi connectivity index (χ3n) is 3.24. The molecule has 1 amide bonds. The normalized spacial score (nSPS) is 17.8. The van der Waals surface area contributed by atoms with Gasteiger partial charge >= 0.3 is 0 Å². The van der Waals surface area contributed by atoms with Crippen molar-refractivity contribution in [1.29, 1.82) is 0 Å². The molecule has 0 saturated carbocycles. The molecule has 1 aliphatic rings. The van der Waals surface area contributed by atoms with Crippen LogP contribution in [0.2, 0.25) is 0 Å². The number of rotatable bonds is 5. The number of amides is 1. The third-order valence-corrected chi connectivity index (χ3v) is 3.24. The SMILES string of the molecule is CCCN(CC1CCNCC1)C(=O)C(C)C. The van der Waals surface area contributed by atoms with E-state index in [9.17, 15) is 4.79 Å². The van der Waals surface area contributed by atoms with Gasteiger partial charge in [-0.3, -0.25) is 4.79 Å². The van der Waals surface area contributed by atoms with Gasteiger partial charge in [0.2, 0.25) is 5.91 Å². The maximum absolute atomic E-state index is 12.0. The number of piperidine rings is 1. The molecule has 1 rings (SSSR count). The van der Waals surface area contributed by atoms with Crippen molar-refractivity contribution in [2.45, 2.75) is 40.0 Å². The summed E-state index contributed by atoms with van der Waals surface area (Å²) in [7, 11) is 0. The summed E-state index contributed by atoms with van der Waals surface area (Å²) >= 11 is 0. The molecule has 0 bridgehead atoms. The fourth-order valence-corrected chi connectivity index (χ4v) is 2.30. The molecule has 0 spiro atoms. The monoisotopic (exact) mass is 226 g/mol. The van der Waals surface area contributed by atoms with Crippen LogP contribution in [0.15, 0.2) is 0 Å². The highest BCUT2D eigenvalue weighted by atomic mass is 16.2. The Kier molecular flexibility index (Phi) is 5.81. The van der Waals surface area contributed by atoms with Gasteiger partial charge in [0.1, 0.15) is 0 Å². The minimum atomic E-state index is 0.133. The molecule has 0 aromatic carbocycles. The molecule has 0 aliphatic carbocycles. The molecular formula is C13H26N2O. The van der Waals surface area contributed by atoms with Gasteiger partial charge in [0.25, 0.3) is 0 Å². The van der Waals surface area contributed by atoms with Crippen LogP contribution >= 0.6 is 0 Å². The highest BCUT2D eigenvalue weighted by molar-refractivity contribution is 5.78. The summed E-state index contributed by atoms with van der Waals surface area (Å²) in [4.78, 5) is 14.1. The summed E-state index contributed by atoms with van der Waals surface area (Å²) in [5, 5.41) is 3.37. The first-order valence-corrected chi connectivity index (χ1v) is 6.64. The second-order valence-corrected chi connectivity index (χ2v) is 5.13. The van der Waals surface area contributed by atoms with Crippen molar-refractivity contribution in [1.82, 2.24) is 10.2 Å². The van der Waals surface area contributed by atoms with Crippen molar-refractivity contribution < 1.29 is 4.79 Å². The average molecular weight is 226 g/mol. The molecule has 0 atom stereocenters. The van der Waals surface area contributed by atoms with Crippen molar-refractivity contribution in [3.63, 3.8) is 0 Å². The van der Waals surface area contributed by atoms with E-state index in [1.165, 1.54) is 12.8 Å². The summed E-state index contributed by atoms with van der Waals surface area (Å²) in [5.74, 6) is 1.16. The highest BCUT2D eigenvalue weighted by Crippen LogP contribution is 2.15. The Bertz CT molecular complexity index is 210. The Morgan fingerprint density at radius 1 is 1.38 bits per heavy atom. The topological polar surface area (TPSA) is 32.3 Å². The Balaban J connectivity index is 2.45. The predicted octanol–water partition coefficient (Wildman–Crippen LogP) is 1.88. The summed E-state index contributed by atoms with van der Waals surface area (Å²) in [6, 6.07) is 0. The van der Waals surface area contributed by atoms with Crippen LogP contribution in [0.5, 0.6) is 0 Å². The zero-order chi connectivity index (χ0) is 12.0. The lowest BCUT2D eigenvalue weighted by atomic mass is 9.97. The summed E-state index contributed by atoms with van der Waals surface area (Å²) in [5.41, 5.74) is 0. The van der Waals surface area contributed by atoms with Gasteiger partial charge in [-0.2, -0.15) is 0 Å². The highest BCUT2D eigenvalue weighted by Gasteiger charge is 2.21. The molecule has 16 heavy (non-hydrogen) atoms. The first-order chi connectivity index (χ1) is 7.65. The predicted molar refractivity (Wildman–Crippen MR) is 67.3 cm³/mol. The van der Waals surface area contributed by atoms with Gasteiger partial charge in [0.05, 0.1) is 0 Å². The second kappa shape index (κ2) is 6.89. The molecule has 1 saturated heterocycles. The fraction of sp³-hybridized carbons (Fsp3) is 0.923. The van der Waals surface area contributed by atoms with Crippen LogP contribution in [0.1, 0.15) is 40.0 Å². The van der Waals surface area contributed by atoms with E-state index >= 15 is 0 Å². The lowest BCUT2D eigenvalue weighted by Gasteiger charge is -2.31. The van der Waals surface area contributed by atoms with E-state index in [-0.39, 0.29) is 5.92 Å². The van der Waals surface area contributed by atoms with Crippen LogP contribution in [0.3, 0.4) is 0 Å². The quantitative estimate of drug-likeness (QED) is 0.776. The van der Waals surface area contributed by atoms with Crippen molar-refractivity contribution in [3.8, 4) is 0 Å². The Morgan fingerprint density at radius 3 is 2.50 bits per heavy atom. The Hall–Kier alpha value is -0.570. The fourth-order valence-electron chi connectivity index (χ4n) is 2.30. The van der Waals surface area contributed by atoms with Gasteiger partial charge in [0, 0.05) is 19.0 Å². The average Bonchev–Trinajstić information content (AvgIpc) is 2.29. The van der Waals surface area contributed by atoms with E-state index < -0.39 is 0 Å². The van der Waals surface area contributed by atoms with E-state index in [1.54, 1.807) is 0 Å². The summed E-state index contributed by atoms with van der Waals surface area (Å²) < 4.78 is 0. The van der Waals surface area contributed by atoms with E-state index in [2.05, 4.69) is 17.1 Å². The number of nitrogens with one attached hydrogen (secondary N) is 1. The number of carbonyl (C=O) groups is 1. The van der Waals surface area contributed by atoms with E-state index in [1.807, 2.05) is 13.8 Å². The molecular weight excluding hydrogens is 200 g/mol. The van der Waals surface area contributed by atoms with Gasteiger partial charge in [-0.05, 0) is 38.3 Å². The largest absolute Gasteiger partial charge is 0.342 e. The van der Waals surface area contributed by atoms with Crippen LogP contribution in [0.25, 0.3) is 0 Å². The van der Waals surface area contributed by atoms with Gasteiger partial charge in [-0.15, -0.1) is 0 Å². The molecule has 0 aromatic rings. The molecule has 0 aromatic heterocycles. The van der Waals surface area contributed by atoms with E-state index in [0.717, 1.165) is 32.6 Å². The first-order valence-electron chi connectivity index (χ1n) is 6.64. The molecule has 0 unspecified atom stereocenters. The Labute approximate surface area is 99.6 Å². The molecule has 0 radical (unpaired) electrons. The molecule has 94 valence electrons. The van der Waals surface area contributed by atoms with Gasteiger partial charge in [-0.25, -0.2) is 0 Å². The van der Waals surface area contributed by atoms with E-state index in [4.69, 9.17) is 0 Å². The number of hydrogen-bond acceptors (Lipinski definition) is 2. The number of hydrogen-bond donors (Lipinski definition) is 1. The van der Waals surface area contributed by atoms with Crippen LogP contribution in [0.4, 0.5) is 0 Å². The first kappa shape index (κ1) is 13.5. The van der Waals surface area contributed by atoms with Crippen LogP contribution in [-0.4, -0.2) is 37.0 Å².